The third kappa shape index (κ3) is 4.87. The van der Waals surface area contributed by atoms with Gasteiger partial charge in [-0.2, -0.15) is 0 Å². The summed E-state index contributed by atoms with van der Waals surface area (Å²) in [4.78, 5) is 15.6. The Bertz CT molecular complexity index is 812. The predicted octanol–water partition coefficient (Wildman–Crippen LogP) is 4.91. The largest absolute Gasteiger partial charge is 0.484 e. The maximum Gasteiger partial charge on any atom is 0.261 e. The molecule has 0 aliphatic heterocycles. The van der Waals surface area contributed by atoms with Gasteiger partial charge in [0.15, 0.2) is 6.61 Å². The van der Waals surface area contributed by atoms with Gasteiger partial charge in [-0.3, -0.25) is 4.79 Å². The fourth-order valence-corrected chi connectivity index (χ4v) is 3.38. The molecule has 0 saturated heterocycles. The fourth-order valence-electron chi connectivity index (χ4n) is 2.33. The van der Waals surface area contributed by atoms with Crippen molar-refractivity contribution < 1.29 is 13.9 Å². The van der Waals surface area contributed by atoms with E-state index in [9.17, 15) is 4.79 Å². The number of rotatable bonds is 7. The van der Waals surface area contributed by atoms with Crippen molar-refractivity contribution in [2.45, 2.75) is 20.0 Å². The Balaban J connectivity index is 1.67. The molecule has 0 saturated carbocycles. The summed E-state index contributed by atoms with van der Waals surface area (Å²) in [6.07, 6.45) is 1.61. The number of benzene rings is 1. The number of hydrogen-bond acceptors (Lipinski definition) is 4. The number of thiophene rings is 1. The molecule has 130 valence electrons. The van der Waals surface area contributed by atoms with Crippen LogP contribution in [0.5, 0.6) is 5.75 Å². The molecule has 0 aliphatic rings. The molecule has 2 aromatic heterocycles. The highest BCUT2D eigenvalue weighted by Gasteiger charge is 2.18. The first-order valence-electron chi connectivity index (χ1n) is 7.83. The average Bonchev–Trinajstić information content (AvgIpc) is 3.26. The number of furan rings is 1. The molecule has 2 heterocycles. The van der Waals surface area contributed by atoms with Gasteiger partial charge in [0.25, 0.3) is 5.91 Å². The van der Waals surface area contributed by atoms with Crippen LogP contribution in [0.3, 0.4) is 0 Å². The SMILES string of the molecule is Cc1ccsc1CN(Cc1ccco1)C(=O)COc1ccc(Cl)cc1. The fraction of sp³-hybridized carbons (Fsp3) is 0.211. The van der Waals surface area contributed by atoms with Crippen LogP contribution in [0.2, 0.25) is 5.02 Å². The van der Waals surface area contributed by atoms with Crippen molar-refractivity contribution in [3.63, 3.8) is 0 Å². The van der Waals surface area contributed by atoms with Crippen LogP contribution in [0, 0.1) is 6.92 Å². The van der Waals surface area contributed by atoms with Gasteiger partial charge in [0.2, 0.25) is 0 Å². The number of carbonyl (C=O) groups is 1. The number of halogens is 1. The van der Waals surface area contributed by atoms with E-state index in [1.165, 1.54) is 5.56 Å². The van der Waals surface area contributed by atoms with Gasteiger partial charge in [-0.05, 0) is 60.3 Å². The van der Waals surface area contributed by atoms with Crippen LogP contribution in [0.1, 0.15) is 16.2 Å². The Morgan fingerprint density at radius 2 is 2.00 bits per heavy atom. The molecule has 6 heteroatoms. The minimum Gasteiger partial charge on any atom is -0.484 e. The summed E-state index contributed by atoms with van der Waals surface area (Å²) < 4.78 is 11.0. The van der Waals surface area contributed by atoms with E-state index in [0.29, 0.717) is 23.9 Å². The number of hydrogen-bond donors (Lipinski definition) is 0. The van der Waals surface area contributed by atoms with E-state index >= 15 is 0 Å². The molecule has 0 spiro atoms. The third-order valence-electron chi connectivity index (χ3n) is 3.76. The Morgan fingerprint density at radius 1 is 1.20 bits per heavy atom. The zero-order valence-electron chi connectivity index (χ0n) is 13.8. The summed E-state index contributed by atoms with van der Waals surface area (Å²) in [5.74, 6) is 1.26. The maximum atomic E-state index is 12.7. The normalized spacial score (nSPS) is 10.6. The summed E-state index contributed by atoms with van der Waals surface area (Å²) in [5, 5.41) is 2.66. The Hall–Kier alpha value is -2.24. The molecule has 1 amide bonds. The minimum atomic E-state index is -0.0980. The van der Waals surface area contributed by atoms with Gasteiger partial charge in [0, 0.05) is 9.90 Å². The van der Waals surface area contributed by atoms with Crippen LogP contribution < -0.4 is 4.74 Å². The first kappa shape index (κ1) is 17.6. The Labute approximate surface area is 155 Å². The van der Waals surface area contributed by atoms with Crippen molar-refractivity contribution in [3.8, 4) is 5.75 Å². The van der Waals surface area contributed by atoms with Gasteiger partial charge in [-0.1, -0.05) is 11.6 Å². The highest BCUT2D eigenvalue weighted by molar-refractivity contribution is 7.10. The standard InChI is InChI=1S/C19H18ClNO3S/c1-14-8-10-25-18(14)12-21(11-17-3-2-9-23-17)19(22)13-24-16-6-4-15(20)5-7-16/h2-10H,11-13H2,1H3. The molecule has 0 fully saturated rings. The average molecular weight is 376 g/mol. The highest BCUT2D eigenvalue weighted by atomic mass is 35.5. The van der Waals surface area contributed by atoms with Gasteiger partial charge in [0.1, 0.15) is 11.5 Å². The smallest absolute Gasteiger partial charge is 0.261 e. The predicted molar refractivity (Wildman–Crippen MR) is 99.0 cm³/mol. The quantitative estimate of drug-likeness (QED) is 0.589. The molecule has 3 rings (SSSR count). The van der Waals surface area contributed by atoms with Gasteiger partial charge >= 0.3 is 0 Å². The second kappa shape index (κ2) is 8.23. The van der Waals surface area contributed by atoms with Crippen LogP contribution >= 0.6 is 22.9 Å². The van der Waals surface area contributed by atoms with E-state index in [1.807, 2.05) is 24.4 Å². The molecule has 25 heavy (non-hydrogen) atoms. The second-order valence-corrected chi connectivity index (χ2v) is 7.04. The van der Waals surface area contributed by atoms with Gasteiger partial charge in [0.05, 0.1) is 19.4 Å². The van der Waals surface area contributed by atoms with Gasteiger partial charge < -0.3 is 14.1 Å². The van der Waals surface area contributed by atoms with E-state index in [1.54, 1.807) is 46.8 Å². The summed E-state index contributed by atoms with van der Waals surface area (Å²) >= 11 is 7.50. The van der Waals surface area contributed by atoms with E-state index in [0.717, 1.165) is 10.6 Å². The number of carbonyl (C=O) groups excluding carboxylic acids is 1. The topological polar surface area (TPSA) is 42.7 Å². The van der Waals surface area contributed by atoms with Crippen LogP contribution in [-0.4, -0.2) is 17.4 Å². The molecule has 3 aromatic rings. The van der Waals surface area contributed by atoms with Crippen LogP contribution in [0.15, 0.2) is 58.5 Å². The highest BCUT2D eigenvalue weighted by Crippen LogP contribution is 2.20. The van der Waals surface area contributed by atoms with Crippen LogP contribution in [0.4, 0.5) is 0 Å². The first-order chi connectivity index (χ1) is 12.1. The molecular formula is C19H18ClNO3S. The molecule has 0 unspecified atom stereocenters. The van der Waals surface area contributed by atoms with E-state index in [4.69, 9.17) is 20.8 Å². The number of aryl methyl sites for hydroxylation is 1. The molecule has 0 atom stereocenters. The third-order valence-corrected chi connectivity index (χ3v) is 5.02. The van der Waals surface area contributed by atoms with E-state index < -0.39 is 0 Å². The zero-order chi connectivity index (χ0) is 17.6. The van der Waals surface area contributed by atoms with Crippen molar-refractivity contribution in [2.75, 3.05) is 6.61 Å². The molecule has 0 N–H and O–H groups in total. The van der Waals surface area contributed by atoms with Crippen molar-refractivity contribution in [1.82, 2.24) is 4.90 Å². The Morgan fingerprint density at radius 3 is 2.64 bits per heavy atom. The molecule has 4 nitrogen and oxygen atoms in total. The summed E-state index contributed by atoms with van der Waals surface area (Å²) in [7, 11) is 0. The van der Waals surface area contributed by atoms with Crippen molar-refractivity contribution in [1.29, 1.82) is 0 Å². The minimum absolute atomic E-state index is 0.0350. The van der Waals surface area contributed by atoms with Crippen molar-refractivity contribution >= 4 is 28.8 Å². The molecule has 0 bridgehead atoms. The lowest BCUT2D eigenvalue weighted by molar-refractivity contribution is -0.134. The summed E-state index contributed by atoms with van der Waals surface area (Å²) in [5.41, 5.74) is 1.18. The zero-order valence-corrected chi connectivity index (χ0v) is 15.3. The summed E-state index contributed by atoms with van der Waals surface area (Å²) in [6.45, 7) is 2.96. The lowest BCUT2D eigenvalue weighted by Gasteiger charge is -2.21. The van der Waals surface area contributed by atoms with E-state index in [-0.39, 0.29) is 12.5 Å². The molecule has 0 radical (unpaired) electrons. The molecule has 1 aromatic carbocycles. The first-order valence-corrected chi connectivity index (χ1v) is 9.09. The van der Waals surface area contributed by atoms with Gasteiger partial charge in [-0.25, -0.2) is 0 Å². The second-order valence-electron chi connectivity index (χ2n) is 5.60. The lowest BCUT2D eigenvalue weighted by Crippen LogP contribution is -2.33. The number of ether oxygens (including phenoxy) is 1. The van der Waals surface area contributed by atoms with Crippen molar-refractivity contribution in [2.24, 2.45) is 0 Å². The van der Waals surface area contributed by atoms with E-state index in [2.05, 4.69) is 6.07 Å². The number of nitrogens with zero attached hydrogens (tertiary/aromatic N) is 1. The lowest BCUT2D eigenvalue weighted by atomic mass is 10.2. The Kier molecular flexibility index (Phi) is 5.79. The summed E-state index contributed by atoms with van der Waals surface area (Å²) in [6, 6.07) is 12.7. The van der Waals surface area contributed by atoms with Crippen LogP contribution in [0.25, 0.3) is 0 Å². The van der Waals surface area contributed by atoms with Crippen LogP contribution in [-0.2, 0) is 17.9 Å². The molecular weight excluding hydrogens is 358 g/mol. The number of amides is 1. The van der Waals surface area contributed by atoms with Crippen molar-refractivity contribution in [3.05, 3.63) is 75.3 Å². The maximum absolute atomic E-state index is 12.7. The monoisotopic (exact) mass is 375 g/mol. The molecule has 0 aliphatic carbocycles. The van der Waals surface area contributed by atoms with Gasteiger partial charge in [-0.15, -0.1) is 11.3 Å².